The second-order valence-electron chi connectivity index (χ2n) is 5.36. The fourth-order valence-electron chi connectivity index (χ4n) is 2.18. The average molecular weight is 282 g/mol. The van der Waals surface area contributed by atoms with Crippen LogP contribution in [-0.4, -0.2) is 18.2 Å². The van der Waals surface area contributed by atoms with Gasteiger partial charge in [-0.25, -0.2) is 5.43 Å². The first-order valence-corrected chi connectivity index (χ1v) is 7.17. The minimum Gasteiger partial charge on any atom is -0.484 e. The van der Waals surface area contributed by atoms with Gasteiger partial charge in [-0.05, 0) is 48.6 Å². The third kappa shape index (κ3) is 3.60. The third-order valence-corrected chi connectivity index (χ3v) is 3.62. The summed E-state index contributed by atoms with van der Waals surface area (Å²) in [5.41, 5.74) is 3.53. The van der Waals surface area contributed by atoms with Crippen molar-refractivity contribution in [2.24, 2.45) is 11.0 Å². The molecular weight excluding hydrogens is 264 g/mol. The van der Waals surface area contributed by atoms with E-state index in [4.69, 9.17) is 4.74 Å². The zero-order valence-corrected chi connectivity index (χ0v) is 12.0. The van der Waals surface area contributed by atoms with E-state index in [2.05, 4.69) is 10.5 Å². The SMILES string of the molecule is CC(=NNC(=O)COc1ccc2ccccc2c1)C1CC1. The summed E-state index contributed by atoms with van der Waals surface area (Å²) in [5.74, 6) is 1.02. The van der Waals surface area contributed by atoms with Crippen molar-refractivity contribution >= 4 is 22.4 Å². The number of ether oxygens (including phenoxy) is 1. The minimum absolute atomic E-state index is 0.0280. The lowest BCUT2D eigenvalue weighted by Gasteiger charge is -2.06. The van der Waals surface area contributed by atoms with Gasteiger partial charge in [0.15, 0.2) is 6.61 Å². The maximum Gasteiger partial charge on any atom is 0.277 e. The van der Waals surface area contributed by atoms with Gasteiger partial charge in [-0.3, -0.25) is 4.79 Å². The number of carbonyl (C=O) groups is 1. The molecule has 0 aromatic heterocycles. The van der Waals surface area contributed by atoms with Crippen LogP contribution in [0.1, 0.15) is 19.8 Å². The number of amides is 1. The topological polar surface area (TPSA) is 50.7 Å². The number of rotatable bonds is 5. The molecule has 0 radical (unpaired) electrons. The summed E-state index contributed by atoms with van der Waals surface area (Å²) in [6.45, 7) is 1.92. The van der Waals surface area contributed by atoms with Gasteiger partial charge in [-0.2, -0.15) is 5.10 Å². The van der Waals surface area contributed by atoms with Gasteiger partial charge in [0.05, 0.1) is 0 Å². The summed E-state index contributed by atoms with van der Waals surface area (Å²) in [7, 11) is 0. The smallest absolute Gasteiger partial charge is 0.277 e. The Hall–Kier alpha value is -2.36. The molecule has 1 aliphatic rings. The van der Waals surface area contributed by atoms with Crippen LogP contribution < -0.4 is 10.2 Å². The molecule has 1 aliphatic carbocycles. The van der Waals surface area contributed by atoms with Crippen molar-refractivity contribution in [1.82, 2.24) is 5.43 Å². The van der Waals surface area contributed by atoms with Crippen LogP contribution in [-0.2, 0) is 4.79 Å². The molecule has 21 heavy (non-hydrogen) atoms. The molecule has 3 rings (SSSR count). The van der Waals surface area contributed by atoms with Crippen molar-refractivity contribution in [3.63, 3.8) is 0 Å². The number of nitrogens with zero attached hydrogens (tertiary/aromatic N) is 1. The molecule has 0 unspecified atom stereocenters. The Morgan fingerprint density at radius 2 is 2.00 bits per heavy atom. The number of nitrogens with one attached hydrogen (secondary N) is 1. The van der Waals surface area contributed by atoms with Crippen molar-refractivity contribution in [3.8, 4) is 5.75 Å². The molecule has 4 nitrogen and oxygen atoms in total. The summed E-state index contributed by atoms with van der Waals surface area (Å²) < 4.78 is 5.50. The fourth-order valence-corrected chi connectivity index (χ4v) is 2.18. The van der Waals surface area contributed by atoms with E-state index >= 15 is 0 Å². The first kappa shape index (κ1) is 13.6. The molecule has 0 aliphatic heterocycles. The molecule has 0 spiro atoms. The van der Waals surface area contributed by atoms with Crippen molar-refractivity contribution in [3.05, 3.63) is 42.5 Å². The molecule has 1 fully saturated rings. The number of carbonyl (C=O) groups excluding carboxylic acids is 1. The van der Waals surface area contributed by atoms with Gasteiger partial charge in [0.1, 0.15) is 5.75 Å². The summed E-state index contributed by atoms with van der Waals surface area (Å²) in [6.07, 6.45) is 2.36. The van der Waals surface area contributed by atoms with Crippen LogP contribution in [0.2, 0.25) is 0 Å². The van der Waals surface area contributed by atoms with Crippen LogP contribution >= 0.6 is 0 Å². The van der Waals surface area contributed by atoms with Crippen LogP contribution in [0.3, 0.4) is 0 Å². The van der Waals surface area contributed by atoms with Crippen molar-refractivity contribution < 1.29 is 9.53 Å². The summed E-state index contributed by atoms with van der Waals surface area (Å²) in [4.78, 5) is 11.7. The Balaban J connectivity index is 1.55. The maximum atomic E-state index is 11.7. The number of hydrogen-bond acceptors (Lipinski definition) is 3. The molecular formula is C17H18N2O2. The Labute approximate surface area is 123 Å². The Bertz CT molecular complexity index is 690. The van der Waals surface area contributed by atoms with E-state index in [0.717, 1.165) is 16.5 Å². The van der Waals surface area contributed by atoms with E-state index in [1.54, 1.807) is 0 Å². The number of benzene rings is 2. The molecule has 108 valence electrons. The molecule has 4 heteroatoms. The van der Waals surface area contributed by atoms with Crippen LogP contribution in [0.25, 0.3) is 10.8 Å². The Morgan fingerprint density at radius 1 is 1.24 bits per heavy atom. The number of hydrazone groups is 1. The van der Waals surface area contributed by atoms with Crippen LogP contribution in [0.5, 0.6) is 5.75 Å². The van der Waals surface area contributed by atoms with E-state index in [9.17, 15) is 4.79 Å². The fraction of sp³-hybridized carbons (Fsp3) is 0.294. The van der Waals surface area contributed by atoms with Crippen molar-refractivity contribution in [2.75, 3.05) is 6.61 Å². The van der Waals surface area contributed by atoms with E-state index in [1.165, 1.54) is 12.8 Å². The standard InChI is InChI=1S/C17H18N2O2/c1-12(13-6-7-13)18-19-17(20)11-21-16-9-8-14-4-2-3-5-15(14)10-16/h2-5,8-10,13H,6-7,11H2,1H3,(H,19,20). The first-order chi connectivity index (χ1) is 10.2. The van der Waals surface area contributed by atoms with Gasteiger partial charge < -0.3 is 4.74 Å². The third-order valence-electron chi connectivity index (χ3n) is 3.62. The van der Waals surface area contributed by atoms with Gasteiger partial charge in [-0.15, -0.1) is 0 Å². The molecule has 2 aromatic carbocycles. The molecule has 1 amide bonds. The highest BCUT2D eigenvalue weighted by Crippen LogP contribution is 2.30. The molecule has 0 bridgehead atoms. The lowest BCUT2D eigenvalue weighted by molar-refractivity contribution is -0.123. The summed E-state index contributed by atoms with van der Waals surface area (Å²) in [6, 6.07) is 13.8. The predicted octanol–water partition coefficient (Wildman–Crippen LogP) is 3.12. The van der Waals surface area contributed by atoms with Crippen molar-refractivity contribution in [2.45, 2.75) is 19.8 Å². The van der Waals surface area contributed by atoms with Crippen LogP contribution in [0.15, 0.2) is 47.6 Å². The van der Waals surface area contributed by atoms with E-state index in [-0.39, 0.29) is 12.5 Å². The quantitative estimate of drug-likeness (QED) is 0.676. The van der Waals surface area contributed by atoms with Gasteiger partial charge in [0, 0.05) is 5.71 Å². The second-order valence-corrected chi connectivity index (χ2v) is 5.36. The van der Waals surface area contributed by atoms with E-state index in [0.29, 0.717) is 11.7 Å². The molecule has 0 atom stereocenters. The normalized spacial score (nSPS) is 15.0. The second kappa shape index (κ2) is 5.95. The van der Waals surface area contributed by atoms with E-state index < -0.39 is 0 Å². The predicted molar refractivity (Wildman–Crippen MR) is 83.4 cm³/mol. The van der Waals surface area contributed by atoms with Crippen LogP contribution in [0, 0.1) is 5.92 Å². The zero-order chi connectivity index (χ0) is 14.7. The molecule has 2 aromatic rings. The maximum absolute atomic E-state index is 11.7. The Morgan fingerprint density at radius 3 is 2.76 bits per heavy atom. The van der Waals surface area contributed by atoms with Gasteiger partial charge >= 0.3 is 0 Å². The highest BCUT2D eigenvalue weighted by Gasteiger charge is 2.24. The van der Waals surface area contributed by atoms with Gasteiger partial charge in [0.25, 0.3) is 5.91 Å². The largest absolute Gasteiger partial charge is 0.484 e. The summed E-state index contributed by atoms with van der Waals surface area (Å²) >= 11 is 0. The molecule has 1 saturated carbocycles. The van der Waals surface area contributed by atoms with Gasteiger partial charge in [-0.1, -0.05) is 30.3 Å². The van der Waals surface area contributed by atoms with Crippen LogP contribution in [0.4, 0.5) is 0 Å². The number of fused-ring (bicyclic) bond motifs is 1. The minimum atomic E-state index is -0.233. The van der Waals surface area contributed by atoms with E-state index in [1.807, 2.05) is 49.4 Å². The lowest BCUT2D eigenvalue weighted by atomic mass is 10.1. The average Bonchev–Trinajstić information content (AvgIpc) is 3.35. The number of hydrogen-bond donors (Lipinski definition) is 1. The zero-order valence-electron chi connectivity index (χ0n) is 12.0. The molecule has 0 heterocycles. The lowest BCUT2D eigenvalue weighted by Crippen LogP contribution is -2.25. The Kier molecular flexibility index (Phi) is 3.86. The first-order valence-electron chi connectivity index (χ1n) is 7.17. The monoisotopic (exact) mass is 282 g/mol. The molecule has 1 N–H and O–H groups in total. The van der Waals surface area contributed by atoms with Gasteiger partial charge in [0.2, 0.25) is 0 Å². The van der Waals surface area contributed by atoms with Crippen molar-refractivity contribution in [1.29, 1.82) is 0 Å². The highest BCUT2D eigenvalue weighted by molar-refractivity contribution is 5.88. The summed E-state index contributed by atoms with van der Waals surface area (Å²) in [5, 5.41) is 6.33. The molecule has 0 saturated heterocycles. The highest BCUT2D eigenvalue weighted by atomic mass is 16.5.